The first-order chi connectivity index (χ1) is 8.83. The zero-order chi connectivity index (χ0) is 12.8. The van der Waals surface area contributed by atoms with Crippen LogP contribution in [0.15, 0.2) is 12.2 Å². The molecule has 2 rings (SSSR count). The second-order valence-corrected chi connectivity index (χ2v) is 4.34. The first kappa shape index (κ1) is 13.6. The highest BCUT2D eigenvalue weighted by Crippen LogP contribution is 2.22. The highest BCUT2D eigenvalue weighted by atomic mass is 16.7. The van der Waals surface area contributed by atoms with E-state index in [4.69, 9.17) is 18.9 Å². The lowest BCUT2D eigenvalue weighted by atomic mass is 10.0. The van der Waals surface area contributed by atoms with E-state index in [0.29, 0.717) is 19.6 Å². The molecule has 2 aliphatic heterocycles. The molecule has 0 bridgehead atoms. The fourth-order valence-electron chi connectivity index (χ4n) is 2.17. The van der Waals surface area contributed by atoms with Gasteiger partial charge < -0.3 is 18.9 Å². The van der Waals surface area contributed by atoms with Gasteiger partial charge in [-0.3, -0.25) is 0 Å². The minimum atomic E-state index is -0.142. The fraction of sp³-hybridized carbons (Fsp3) is 0.714. The Morgan fingerprint density at radius 2 is 2.06 bits per heavy atom. The number of ether oxygens (including phenoxy) is 4. The van der Waals surface area contributed by atoms with E-state index in [9.17, 15) is 0 Å². The van der Waals surface area contributed by atoms with Crippen molar-refractivity contribution < 1.29 is 18.9 Å². The van der Waals surface area contributed by atoms with Gasteiger partial charge in [0.15, 0.2) is 6.29 Å². The van der Waals surface area contributed by atoms with Crippen molar-refractivity contribution in [2.24, 2.45) is 0 Å². The monoisotopic (exact) mass is 252 g/mol. The van der Waals surface area contributed by atoms with Gasteiger partial charge in [0, 0.05) is 20.0 Å². The minimum Gasteiger partial charge on any atom is -0.375 e. The summed E-state index contributed by atoms with van der Waals surface area (Å²) in [6.45, 7) is 3.18. The minimum absolute atomic E-state index is 0.0150. The molecule has 0 aliphatic carbocycles. The van der Waals surface area contributed by atoms with E-state index >= 15 is 0 Å². The molecule has 1 saturated heterocycles. The first-order valence-electron chi connectivity index (χ1n) is 6.33. The third-order valence-corrected chi connectivity index (χ3v) is 3.10. The summed E-state index contributed by atoms with van der Waals surface area (Å²) in [5.74, 6) is 5.93. The van der Waals surface area contributed by atoms with E-state index in [-0.39, 0.29) is 24.6 Å². The van der Waals surface area contributed by atoms with Gasteiger partial charge in [0.25, 0.3) is 0 Å². The van der Waals surface area contributed by atoms with Crippen molar-refractivity contribution >= 4 is 0 Å². The molecule has 1 unspecified atom stereocenters. The van der Waals surface area contributed by atoms with Gasteiger partial charge in [0.05, 0.1) is 25.4 Å². The van der Waals surface area contributed by atoms with Crippen molar-refractivity contribution in [3.8, 4) is 11.8 Å². The normalized spacial score (nSPS) is 32.2. The molecular formula is C14H20O4. The fourth-order valence-corrected chi connectivity index (χ4v) is 2.17. The van der Waals surface area contributed by atoms with Gasteiger partial charge in [-0.1, -0.05) is 12.2 Å². The van der Waals surface area contributed by atoms with Gasteiger partial charge in [-0.05, 0) is 6.92 Å². The van der Waals surface area contributed by atoms with Gasteiger partial charge in [-0.25, -0.2) is 0 Å². The number of hydrogen-bond donors (Lipinski definition) is 0. The molecule has 0 aromatic heterocycles. The first-order valence-corrected chi connectivity index (χ1v) is 6.33. The van der Waals surface area contributed by atoms with Crippen LogP contribution in [-0.2, 0) is 18.9 Å². The smallest absolute Gasteiger partial charge is 0.160 e. The summed E-state index contributed by atoms with van der Waals surface area (Å²) < 4.78 is 22.2. The average molecular weight is 252 g/mol. The Hall–Kier alpha value is -0.860. The zero-order valence-corrected chi connectivity index (χ0v) is 10.9. The van der Waals surface area contributed by atoms with Crippen molar-refractivity contribution in [3.63, 3.8) is 0 Å². The van der Waals surface area contributed by atoms with E-state index in [1.54, 1.807) is 7.11 Å². The summed E-state index contributed by atoms with van der Waals surface area (Å²) in [5.41, 5.74) is 0. The lowest BCUT2D eigenvalue weighted by molar-refractivity contribution is -0.111. The molecule has 0 aromatic carbocycles. The maximum Gasteiger partial charge on any atom is 0.160 e. The van der Waals surface area contributed by atoms with Crippen molar-refractivity contribution in [3.05, 3.63) is 12.2 Å². The van der Waals surface area contributed by atoms with Gasteiger partial charge in [-0.15, -0.1) is 11.8 Å². The molecule has 4 nitrogen and oxygen atoms in total. The van der Waals surface area contributed by atoms with Crippen molar-refractivity contribution in [1.29, 1.82) is 0 Å². The molecular weight excluding hydrogens is 232 g/mol. The van der Waals surface area contributed by atoms with Gasteiger partial charge in [0.1, 0.15) is 6.10 Å². The van der Waals surface area contributed by atoms with E-state index in [0.717, 1.165) is 6.42 Å². The maximum absolute atomic E-state index is 5.98. The lowest BCUT2D eigenvalue weighted by Gasteiger charge is -2.31. The lowest BCUT2D eigenvalue weighted by Crippen LogP contribution is -2.37. The molecule has 1 fully saturated rings. The van der Waals surface area contributed by atoms with Crippen LogP contribution in [0.1, 0.15) is 19.8 Å². The Morgan fingerprint density at radius 1 is 1.28 bits per heavy atom. The highest BCUT2D eigenvalue weighted by Gasteiger charge is 2.29. The molecule has 2 aliphatic rings. The highest BCUT2D eigenvalue weighted by molar-refractivity contribution is 5.07. The van der Waals surface area contributed by atoms with Crippen LogP contribution < -0.4 is 0 Å². The third-order valence-electron chi connectivity index (χ3n) is 3.10. The molecule has 4 heteroatoms. The van der Waals surface area contributed by atoms with Crippen LogP contribution in [0, 0.1) is 11.8 Å². The summed E-state index contributed by atoms with van der Waals surface area (Å²) in [7, 11) is 1.69. The Morgan fingerprint density at radius 3 is 2.72 bits per heavy atom. The molecule has 2 heterocycles. The van der Waals surface area contributed by atoms with Crippen LogP contribution in [0.5, 0.6) is 0 Å². The van der Waals surface area contributed by atoms with Gasteiger partial charge in [0.2, 0.25) is 0 Å². The van der Waals surface area contributed by atoms with Gasteiger partial charge in [-0.2, -0.15) is 0 Å². The Kier molecular flexibility index (Phi) is 5.21. The van der Waals surface area contributed by atoms with E-state index < -0.39 is 0 Å². The summed E-state index contributed by atoms with van der Waals surface area (Å²) in [6, 6.07) is 0. The second kappa shape index (κ2) is 6.91. The Balaban J connectivity index is 1.90. The van der Waals surface area contributed by atoms with Crippen molar-refractivity contribution in [1.82, 2.24) is 0 Å². The molecule has 0 N–H and O–H groups in total. The topological polar surface area (TPSA) is 36.9 Å². The predicted octanol–water partition coefficient (Wildman–Crippen LogP) is 1.50. The van der Waals surface area contributed by atoms with Gasteiger partial charge >= 0.3 is 0 Å². The maximum atomic E-state index is 5.98. The van der Waals surface area contributed by atoms with Crippen LogP contribution in [0.2, 0.25) is 0 Å². The molecule has 0 radical (unpaired) electrons. The molecule has 3 atom stereocenters. The van der Waals surface area contributed by atoms with E-state index in [1.807, 2.05) is 19.1 Å². The number of hydrogen-bond acceptors (Lipinski definition) is 4. The number of methoxy groups -OCH3 is 1. The van der Waals surface area contributed by atoms with Crippen LogP contribution in [0.3, 0.4) is 0 Å². The molecule has 18 heavy (non-hydrogen) atoms. The summed E-state index contributed by atoms with van der Waals surface area (Å²) >= 11 is 0. The Labute approximate surface area is 108 Å². The Bertz CT molecular complexity index is 335. The van der Waals surface area contributed by atoms with Crippen LogP contribution >= 0.6 is 0 Å². The number of rotatable bonds is 4. The van der Waals surface area contributed by atoms with Crippen LogP contribution in [0.4, 0.5) is 0 Å². The quantitative estimate of drug-likeness (QED) is 0.561. The van der Waals surface area contributed by atoms with E-state index in [2.05, 4.69) is 11.8 Å². The largest absolute Gasteiger partial charge is 0.375 e. The van der Waals surface area contributed by atoms with Crippen molar-refractivity contribution in [2.75, 3.05) is 20.3 Å². The molecule has 100 valence electrons. The molecule has 0 amide bonds. The summed E-state index contributed by atoms with van der Waals surface area (Å²) in [5, 5.41) is 0. The zero-order valence-electron chi connectivity index (χ0n) is 10.9. The predicted molar refractivity (Wildman–Crippen MR) is 67.0 cm³/mol. The second-order valence-electron chi connectivity index (χ2n) is 4.34. The SMILES string of the molecule is CC#CCC1O[C@H](CC2OCCO2)C=C[C@@H]1OC. The standard InChI is InChI=1S/C14H20O4/c1-3-4-5-13-12(15-2)7-6-11(18-13)10-14-16-8-9-17-14/h6-7,11-14H,5,8-10H2,1-2H3/t11-,12-,13?/m0/s1. The summed E-state index contributed by atoms with van der Waals surface area (Å²) in [4.78, 5) is 0. The third kappa shape index (κ3) is 3.56. The molecule has 0 aromatic rings. The van der Waals surface area contributed by atoms with Crippen molar-refractivity contribution in [2.45, 2.75) is 44.4 Å². The van der Waals surface area contributed by atoms with E-state index in [1.165, 1.54) is 0 Å². The average Bonchev–Trinajstić information content (AvgIpc) is 2.89. The van der Waals surface area contributed by atoms with Crippen LogP contribution in [0.25, 0.3) is 0 Å². The summed E-state index contributed by atoms with van der Waals surface area (Å²) in [6.07, 6.45) is 5.32. The molecule has 0 saturated carbocycles. The van der Waals surface area contributed by atoms with Crippen LogP contribution in [-0.4, -0.2) is 44.9 Å². The molecule has 0 spiro atoms.